The van der Waals surface area contributed by atoms with Crippen LogP contribution in [-0.4, -0.2) is 24.0 Å². The summed E-state index contributed by atoms with van der Waals surface area (Å²) in [6, 6.07) is 5.46. The largest absolute Gasteiger partial charge is 0.285 e. The number of halogens is 1. The number of carbonyl (C=O) groups is 1. The molecule has 1 N–H and O–H groups in total. The number of nitrogens with one attached hydrogen (secondary N) is 1. The molecule has 1 aromatic carbocycles. The van der Waals surface area contributed by atoms with Gasteiger partial charge in [0.25, 0.3) is 5.91 Å². The molecular formula is C12H15BrN2OS. The third-order valence-electron chi connectivity index (χ3n) is 2.82. The zero-order valence-corrected chi connectivity index (χ0v) is 11.9. The standard InChI is InChI=1S/C12H15BrN2OS/c13-9-4-5-10(11(17)8-9)12(16)14-15-6-2-1-3-7-15/h4-5,8,17H,1-3,6-7H2,(H,14,16). The molecule has 17 heavy (non-hydrogen) atoms. The lowest BCUT2D eigenvalue weighted by molar-refractivity contribution is 0.0747. The minimum absolute atomic E-state index is 0.0793. The molecule has 1 heterocycles. The molecule has 92 valence electrons. The van der Waals surface area contributed by atoms with E-state index in [1.165, 1.54) is 6.42 Å². The van der Waals surface area contributed by atoms with Crippen molar-refractivity contribution < 1.29 is 4.79 Å². The number of rotatable bonds is 2. The molecule has 2 rings (SSSR count). The highest BCUT2D eigenvalue weighted by Crippen LogP contribution is 2.20. The van der Waals surface area contributed by atoms with Crippen molar-refractivity contribution in [3.63, 3.8) is 0 Å². The van der Waals surface area contributed by atoms with Crippen LogP contribution in [0.25, 0.3) is 0 Å². The number of amides is 1. The lowest BCUT2D eigenvalue weighted by atomic mass is 10.1. The first-order valence-corrected chi connectivity index (χ1v) is 6.95. The monoisotopic (exact) mass is 314 g/mol. The molecule has 1 fully saturated rings. The Morgan fingerprint density at radius 3 is 2.65 bits per heavy atom. The Hall–Kier alpha value is -0.520. The van der Waals surface area contributed by atoms with Crippen LogP contribution < -0.4 is 5.43 Å². The van der Waals surface area contributed by atoms with Gasteiger partial charge in [-0.2, -0.15) is 0 Å². The van der Waals surface area contributed by atoms with Crippen LogP contribution in [0.5, 0.6) is 0 Å². The minimum Gasteiger partial charge on any atom is -0.285 e. The quantitative estimate of drug-likeness (QED) is 0.823. The van der Waals surface area contributed by atoms with Crippen molar-refractivity contribution in [2.24, 2.45) is 0 Å². The van der Waals surface area contributed by atoms with Gasteiger partial charge in [-0.3, -0.25) is 10.2 Å². The third kappa shape index (κ3) is 3.47. The average Bonchev–Trinajstić information content (AvgIpc) is 2.30. The highest BCUT2D eigenvalue weighted by molar-refractivity contribution is 9.10. The number of hydrogen-bond donors (Lipinski definition) is 2. The predicted molar refractivity (Wildman–Crippen MR) is 74.3 cm³/mol. The number of hydrogen-bond acceptors (Lipinski definition) is 3. The molecule has 0 aliphatic carbocycles. The van der Waals surface area contributed by atoms with E-state index in [1.54, 1.807) is 6.07 Å². The van der Waals surface area contributed by atoms with E-state index in [9.17, 15) is 4.79 Å². The molecule has 0 saturated carbocycles. The van der Waals surface area contributed by atoms with Gasteiger partial charge < -0.3 is 0 Å². The fraction of sp³-hybridized carbons (Fsp3) is 0.417. The minimum atomic E-state index is -0.0793. The van der Waals surface area contributed by atoms with Crippen molar-refractivity contribution >= 4 is 34.5 Å². The van der Waals surface area contributed by atoms with Gasteiger partial charge in [-0.1, -0.05) is 22.4 Å². The van der Waals surface area contributed by atoms with Crippen LogP contribution in [0.1, 0.15) is 29.6 Å². The Balaban J connectivity index is 2.03. The second kappa shape index (κ2) is 5.89. The van der Waals surface area contributed by atoms with Crippen molar-refractivity contribution in [2.45, 2.75) is 24.2 Å². The Morgan fingerprint density at radius 2 is 2.00 bits per heavy atom. The van der Waals surface area contributed by atoms with Gasteiger partial charge in [0.05, 0.1) is 5.56 Å². The number of piperidine rings is 1. The van der Waals surface area contributed by atoms with E-state index < -0.39 is 0 Å². The van der Waals surface area contributed by atoms with Crippen LogP contribution in [0.2, 0.25) is 0 Å². The number of nitrogens with zero attached hydrogens (tertiary/aromatic N) is 1. The SMILES string of the molecule is O=C(NN1CCCCC1)c1ccc(Br)cc1S. The first kappa shape index (κ1) is 12.9. The molecular weight excluding hydrogens is 300 g/mol. The zero-order chi connectivity index (χ0) is 12.3. The third-order valence-corrected chi connectivity index (χ3v) is 3.68. The number of carbonyl (C=O) groups excluding carboxylic acids is 1. The molecule has 0 spiro atoms. The average molecular weight is 315 g/mol. The van der Waals surface area contributed by atoms with E-state index in [2.05, 4.69) is 34.0 Å². The normalized spacial score (nSPS) is 16.8. The molecule has 1 amide bonds. The van der Waals surface area contributed by atoms with Gasteiger partial charge in [-0.15, -0.1) is 12.6 Å². The molecule has 0 unspecified atom stereocenters. The summed E-state index contributed by atoms with van der Waals surface area (Å²) in [4.78, 5) is 12.7. The van der Waals surface area contributed by atoms with Gasteiger partial charge in [0.15, 0.2) is 0 Å². The second-order valence-electron chi connectivity index (χ2n) is 4.15. The molecule has 0 aromatic heterocycles. The fourth-order valence-electron chi connectivity index (χ4n) is 1.91. The van der Waals surface area contributed by atoms with Gasteiger partial charge in [0, 0.05) is 22.5 Å². The van der Waals surface area contributed by atoms with E-state index in [0.29, 0.717) is 10.5 Å². The summed E-state index contributed by atoms with van der Waals surface area (Å²) in [5, 5.41) is 1.99. The Labute approximate surface area is 115 Å². The maximum atomic E-state index is 12.0. The van der Waals surface area contributed by atoms with Crippen molar-refractivity contribution in [2.75, 3.05) is 13.1 Å². The lowest BCUT2D eigenvalue weighted by Gasteiger charge is -2.27. The molecule has 1 aliphatic rings. The summed E-state index contributed by atoms with van der Waals surface area (Å²) >= 11 is 7.67. The maximum absolute atomic E-state index is 12.0. The number of hydrazine groups is 1. The highest BCUT2D eigenvalue weighted by Gasteiger charge is 2.15. The van der Waals surface area contributed by atoms with Crippen molar-refractivity contribution in [3.8, 4) is 0 Å². The molecule has 1 aliphatic heterocycles. The summed E-state index contributed by atoms with van der Waals surface area (Å²) in [5.74, 6) is -0.0793. The number of benzene rings is 1. The van der Waals surface area contributed by atoms with Crippen molar-refractivity contribution in [3.05, 3.63) is 28.2 Å². The zero-order valence-electron chi connectivity index (χ0n) is 9.45. The van der Waals surface area contributed by atoms with Crippen LogP contribution in [0.15, 0.2) is 27.6 Å². The van der Waals surface area contributed by atoms with Gasteiger partial charge in [-0.05, 0) is 31.0 Å². The number of thiol groups is 1. The summed E-state index contributed by atoms with van der Waals surface area (Å²) in [6.07, 6.45) is 3.55. The van der Waals surface area contributed by atoms with Crippen molar-refractivity contribution in [1.82, 2.24) is 10.4 Å². The van der Waals surface area contributed by atoms with Gasteiger partial charge >= 0.3 is 0 Å². The van der Waals surface area contributed by atoms with Crippen LogP contribution in [-0.2, 0) is 0 Å². The fourth-order valence-corrected chi connectivity index (χ4v) is 2.76. The molecule has 0 bridgehead atoms. The van der Waals surface area contributed by atoms with Crippen molar-refractivity contribution in [1.29, 1.82) is 0 Å². The molecule has 0 atom stereocenters. The van der Waals surface area contributed by atoms with Gasteiger partial charge in [0.2, 0.25) is 0 Å². The summed E-state index contributed by atoms with van der Waals surface area (Å²) in [6.45, 7) is 1.87. The molecule has 5 heteroatoms. The summed E-state index contributed by atoms with van der Waals surface area (Å²) in [5.41, 5.74) is 3.54. The van der Waals surface area contributed by atoms with E-state index in [4.69, 9.17) is 0 Å². The second-order valence-corrected chi connectivity index (χ2v) is 5.55. The Bertz CT molecular complexity index is 419. The van der Waals surface area contributed by atoms with Crippen LogP contribution in [0.4, 0.5) is 0 Å². The summed E-state index contributed by atoms with van der Waals surface area (Å²) in [7, 11) is 0. The Kier molecular flexibility index (Phi) is 4.48. The van der Waals surface area contributed by atoms with E-state index >= 15 is 0 Å². The van der Waals surface area contributed by atoms with E-state index in [1.807, 2.05) is 17.1 Å². The molecule has 1 aromatic rings. The Morgan fingerprint density at radius 1 is 1.29 bits per heavy atom. The highest BCUT2D eigenvalue weighted by atomic mass is 79.9. The van der Waals surface area contributed by atoms with Gasteiger partial charge in [0.1, 0.15) is 0 Å². The van der Waals surface area contributed by atoms with Crippen LogP contribution in [0.3, 0.4) is 0 Å². The first-order chi connectivity index (χ1) is 8.16. The molecule has 3 nitrogen and oxygen atoms in total. The van der Waals surface area contributed by atoms with Crippen LogP contribution in [0, 0.1) is 0 Å². The predicted octanol–water partition coefficient (Wildman–Crippen LogP) is 2.87. The molecule has 1 saturated heterocycles. The van der Waals surface area contributed by atoms with Crippen LogP contribution >= 0.6 is 28.6 Å². The molecule has 0 radical (unpaired) electrons. The smallest absolute Gasteiger partial charge is 0.266 e. The topological polar surface area (TPSA) is 32.3 Å². The first-order valence-electron chi connectivity index (χ1n) is 5.71. The maximum Gasteiger partial charge on any atom is 0.266 e. The van der Waals surface area contributed by atoms with E-state index in [0.717, 1.165) is 30.4 Å². The lowest BCUT2D eigenvalue weighted by Crippen LogP contribution is -2.45. The van der Waals surface area contributed by atoms with Gasteiger partial charge in [-0.25, -0.2) is 5.01 Å². The summed E-state index contributed by atoms with van der Waals surface area (Å²) < 4.78 is 0.928. The van der Waals surface area contributed by atoms with E-state index in [-0.39, 0.29) is 5.91 Å².